The van der Waals surface area contributed by atoms with E-state index in [2.05, 4.69) is 15.3 Å². The van der Waals surface area contributed by atoms with E-state index < -0.39 is 35.7 Å². The summed E-state index contributed by atoms with van der Waals surface area (Å²) in [5, 5.41) is 23.4. The molecule has 9 heteroatoms. The molecule has 1 heterocycles. The van der Waals surface area contributed by atoms with Crippen LogP contribution in [0.3, 0.4) is 0 Å². The number of aromatic nitrogens is 2. The second-order valence-electron chi connectivity index (χ2n) is 9.44. The zero-order chi connectivity index (χ0) is 25.5. The third-order valence-corrected chi connectivity index (χ3v) is 6.97. The highest BCUT2D eigenvalue weighted by atomic mass is 19.1. The summed E-state index contributed by atoms with van der Waals surface area (Å²) in [7, 11) is 0. The first-order valence-electron chi connectivity index (χ1n) is 12.3. The molecule has 190 valence electrons. The second kappa shape index (κ2) is 12.0. The Kier molecular flexibility index (Phi) is 8.56. The van der Waals surface area contributed by atoms with Crippen molar-refractivity contribution in [2.45, 2.75) is 57.1 Å². The lowest BCUT2D eigenvalue weighted by Gasteiger charge is -2.32. The monoisotopic (exact) mass is 494 g/mol. The fraction of sp³-hybridized carbons (Fsp3) is 0.407. The third kappa shape index (κ3) is 6.41. The number of fused-ring (bicyclic) bond motifs is 1. The molecule has 1 saturated carbocycles. The predicted molar refractivity (Wildman–Crippen MR) is 132 cm³/mol. The highest BCUT2D eigenvalue weighted by molar-refractivity contribution is 5.94. The molecule has 0 aliphatic heterocycles. The number of carbonyl (C=O) groups is 2. The van der Waals surface area contributed by atoms with Gasteiger partial charge in [-0.2, -0.15) is 0 Å². The maximum atomic E-state index is 13.9. The molecule has 1 fully saturated rings. The summed E-state index contributed by atoms with van der Waals surface area (Å²) in [6.07, 6.45) is 5.15. The van der Waals surface area contributed by atoms with Gasteiger partial charge in [0.2, 0.25) is 5.91 Å². The predicted octanol–water partition coefficient (Wildman–Crippen LogP) is 3.56. The van der Waals surface area contributed by atoms with E-state index in [0.717, 1.165) is 32.1 Å². The Hall–Kier alpha value is -3.43. The zero-order valence-electron chi connectivity index (χ0n) is 19.9. The number of nitrogens with one attached hydrogen (secondary N) is 2. The minimum Gasteiger partial charge on any atom is -0.391 e. The molecule has 0 bridgehead atoms. The lowest BCUT2D eigenvalue weighted by molar-refractivity contribution is -0.137. The van der Waals surface area contributed by atoms with Crippen molar-refractivity contribution >= 4 is 22.8 Å². The van der Waals surface area contributed by atoms with Crippen LogP contribution in [0.25, 0.3) is 11.0 Å². The van der Waals surface area contributed by atoms with Gasteiger partial charge in [0.1, 0.15) is 11.5 Å². The Morgan fingerprint density at radius 1 is 1.06 bits per heavy atom. The number of benzene rings is 2. The van der Waals surface area contributed by atoms with Gasteiger partial charge in [0.15, 0.2) is 0 Å². The van der Waals surface area contributed by atoms with Crippen molar-refractivity contribution in [3.05, 3.63) is 71.8 Å². The lowest BCUT2D eigenvalue weighted by Crippen LogP contribution is -2.47. The minimum absolute atomic E-state index is 0.0254. The van der Waals surface area contributed by atoms with Crippen molar-refractivity contribution < 1.29 is 24.3 Å². The number of amides is 2. The summed E-state index contributed by atoms with van der Waals surface area (Å²) >= 11 is 0. The van der Waals surface area contributed by atoms with E-state index in [1.165, 1.54) is 18.3 Å². The van der Waals surface area contributed by atoms with E-state index in [1.807, 2.05) is 6.07 Å². The van der Waals surface area contributed by atoms with Crippen molar-refractivity contribution in [1.29, 1.82) is 0 Å². The van der Waals surface area contributed by atoms with Crippen LogP contribution < -0.4 is 10.8 Å². The normalized spacial score (nSPS) is 16.8. The molecule has 0 radical (unpaired) electrons. The molecule has 36 heavy (non-hydrogen) atoms. The number of rotatable bonds is 9. The highest BCUT2D eigenvalue weighted by Gasteiger charge is 2.34. The molecule has 4 rings (SSSR count). The van der Waals surface area contributed by atoms with Crippen LogP contribution in [0.1, 0.15) is 54.6 Å². The van der Waals surface area contributed by atoms with Gasteiger partial charge in [-0.25, -0.2) is 14.9 Å². The van der Waals surface area contributed by atoms with Gasteiger partial charge in [0.05, 0.1) is 29.4 Å². The van der Waals surface area contributed by atoms with Crippen LogP contribution in [-0.2, 0) is 11.2 Å². The van der Waals surface area contributed by atoms with Crippen LogP contribution in [0.5, 0.6) is 0 Å². The average molecular weight is 495 g/mol. The number of hydrogen-bond donors (Lipinski definition) is 4. The molecule has 3 unspecified atom stereocenters. The Morgan fingerprint density at radius 3 is 2.53 bits per heavy atom. The molecule has 1 aromatic heterocycles. The van der Waals surface area contributed by atoms with Crippen molar-refractivity contribution in [2.24, 2.45) is 11.8 Å². The van der Waals surface area contributed by atoms with E-state index in [9.17, 15) is 24.3 Å². The molecule has 2 amide bonds. The first-order chi connectivity index (χ1) is 17.4. The fourth-order valence-corrected chi connectivity index (χ4v) is 5.07. The molecule has 3 aromatic rings. The van der Waals surface area contributed by atoms with Crippen molar-refractivity contribution in [1.82, 2.24) is 20.8 Å². The Bertz CT molecular complexity index is 1200. The zero-order valence-corrected chi connectivity index (χ0v) is 19.9. The molecule has 0 spiro atoms. The van der Waals surface area contributed by atoms with E-state index in [1.54, 1.807) is 35.8 Å². The van der Waals surface area contributed by atoms with E-state index in [-0.39, 0.29) is 24.5 Å². The molecular weight excluding hydrogens is 463 g/mol. The number of hydrogen-bond acceptors (Lipinski definition) is 6. The summed E-state index contributed by atoms with van der Waals surface area (Å²) in [5.41, 5.74) is 3.62. The van der Waals surface area contributed by atoms with Crippen LogP contribution in [-0.4, -0.2) is 44.2 Å². The molecular formula is C27H31FN4O4. The molecule has 3 atom stereocenters. The van der Waals surface area contributed by atoms with Gasteiger partial charge in [-0.1, -0.05) is 43.5 Å². The second-order valence-corrected chi connectivity index (χ2v) is 9.44. The summed E-state index contributed by atoms with van der Waals surface area (Å²) in [4.78, 5) is 34.3. The number of para-hydroxylation sites is 2. The first kappa shape index (κ1) is 25.7. The fourth-order valence-electron chi connectivity index (χ4n) is 5.07. The summed E-state index contributed by atoms with van der Waals surface area (Å²) in [5.74, 6) is -2.09. The summed E-state index contributed by atoms with van der Waals surface area (Å²) in [6.45, 7) is 0. The third-order valence-electron chi connectivity index (χ3n) is 6.97. The molecule has 4 N–H and O–H groups in total. The quantitative estimate of drug-likeness (QED) is 0.266. The topological polar surface area (TPSA) is 124 Å². The van der Waals surface area contributed by atoms with Gasteiger partial charge in [0.25, 0.3) is 5.91 Å². The van der Waals surface area contributed by atoms with Gasteiger partial charge < -0.3 is 10.4 Å². The number of hydroxylamine groups is 1. The molecule has 2 aromatic carbocycles. The van der Waals surface area contributed by atoms with Crippen molar-refractivity contribution in [3.8, 4) is 0 Å². The standard InChI is InChI=1S/C27H31FN4O4/c28-19-10-6-7-17(13-19)14-23(25(33)15-20(26(34)32-36)18-8-2-1-3-9-18)31-27(35)24-16-29-21-11-4-5-12-22(21)30-24/h4-7,10-13,16,18,20,23,25,33,36H,1-3,8-9,14-15H2,(H,31,35)(H,32,34). The Morgan fingerprint density at radius 2 is 1.81 bits per heavy atom. The smallest absolute Gasteiger partial charge is 0.271 e. The van der Waals surface area contributed by atoms with Gasteiger partial charge in [-0.05, 0) is 61.4 Å². The summed E-state index contributed by atoms with van der Waals surface area (Å²) in [6, 6.07) is 12.3. The number of aliphatic hydroxyl groups excluding tert-OH is 1. The molecule has 0 saturated heterocycles. The lowest BCUT2D eigenvalue weighted by atomic mass is 9.76. The van der Waals surface area contributed by atoms with Crippen LogP contribution >= 0.6 is 0 Å². The first-order valence-corrected chi connectivity index (χ1v) is 12.3. The Labute approximate surface area is 208 Å². The van der Waals surface area contributed by atoms with E-state index in [0.29, 0.717) is 16.6 Å². The van der Waals surface area contributed by atoms with Gasteiger partial charge in [-0.15, -0.1) is 0 Å². The molecule has 8 nitrogen and oxygen atoms in total. The maximum Gasteiger partial charge on any atom is 0.271 e. The number of carbonyl (C=O) groups excluding carboxylic acids is 2. The van der Waals surface area contributed by atoms with Crippen LogP contribution in [0.15, 0.2) is 54.7 Å². The average Bonchev–Trinajstić information content (AvgIpc) is 2.91. The number of nitrogens with zero attached hydrogens (tertiary/aromatic N) is 2. The summed E-state index contributed by atoms with van der Waals surface area (Å²) < 4.78 is 13.9. The highest BCUT2D eigenvalue weighted by Crippen LogP contribution is 2.33. The molecule has 1 aliphatic carbocycles. The maximum absolute atomic E-state index is 13.9. The number of aliphatic hydroxyl groups is 1. The van der Waals surface area contributed by atoms with Crippen LogP contribution in [0.2, 0.25) is 0 Å². The van der Waals surface area contributed by atoms with E-state index in [4.69, 9.17) is 0 Å². The van der Waals surface area contributed by atoms with Crippen LogP contribution in [0.4, 0.5) is 4.39 Å². The van der Waals surface area contributed by atoms with Gasteiger partial charge in [-0.3, -0.25) is 19.8 Å². The Balaban J connectivity index is 1.56. The van der Waals surface area contributed by atoms with Gasteiger partial charge >= 0.3 is 0 Å². The molecule has 1 aliphatic rings. The van der Waals surface area contributed by atoms with Crippen molar-refractivity contribution in [2.75, 3.05) is 0 Å². The number of halogens is 1. The van der Waals surface area contributed by atoms with Crippen molar-refractivity contribution in [3.63, 3.8) is 0 Å². The van der Waals surface area contributed by atoms with Gasteiger partial charge in [0, 0.05) is 5.92 Å². The SMILES string of the molecule is O=C(NC(Cc1cccc(F)c1)C(O)CC(C(=O)NO)C1CCCCC1)c1cnc2ccccc2n1. The van der Waals surface area contributed by atoms with Crippen LogP contribution in [0, 0.1) is 17.7 Å². The van der Waals surface area contributed by atoms with E-state index >= 15 is 0 Å². The minimum atomic E-state index is -1.13. The largest absolute Gasteiger partial charge is 0.391 e.